The Morgan fingerprint density at radius 2 is 1.44 bits per heavy atom. The predicted octanol–water partition coefficient (Wildman–Crippen LogP) is 5.19. The first-order valence-corrected chi connectivity index (χ1v) is 9.50. The van der Waals surface area contributed by atoms with Crippen molar-refractivity contribution in [3.05, 3.63) is 53.1 Å². The smallest absolute Gasteiger partial charge is 0.399 e. The summed E-state index contributed by atoms with van der Waals surface area (Å²) in [6, 6.07) is 14.3. The van der Waals surface area contributed by atoms with Crippen molar-refractivity contribution in [3.8, 4) is 11.1 Å². The summed E-state index contributed by atoms with van der Waals surface area (Å²) in [5, 5.41) is 0. The number of hydrogen-bond acceptors (Lipinski definition) is 2. The molecule has 0 saturated carbocycles. The van der Waals surface area contributed by atoms with Gasteiger partial charge in [0.25, 0.3) is 0 Å². The molecule has 1 aliphatic heterocycles. The predicted molar refractivity (Wildman–Crippen MR) is 110 cm³/mol. The monoisotopic (exact) mass is 438 g/mol. The van der Waals surface area contributed by atoms with Gasteiger partial charge in [-0.05, 0) is 47.0 Å². The molecular formula is C23H30BO2Y-. The van der Waals surface area contributed by atoms with Gasteiger partial charge in [0.1, 0.15) is 0 Å². The van der Waals surface area contributed by atoms with E-state index in [4.69, 9.17) is 9.31 Å². The molecule has 0 spiro atoms. The van der Waals surface area contributed by atoms with Crippen LogP contribution in [0.4, 0.5) is 0 Å². The van der Waals surface area contributed by atoms with Gasteiger partial charge in [0, 0.05) is 32.7 Å². The van der Waals surface area contributed by atoms with E-state index < -0.39 is 0 Å². The van der Waals surface area contributed by atoms with E-state index in [1.165, 1.54) is 22.3 Å². The Bertz CT molecular complexity index is 771. The molecule has 0 atom stereocenters. The Kier molecular flexibility index (Phi) is 6.85. The fourth-order valence-electron chi connectivity index (χ4n) is 3.49. The molecule has 27 heavy (non-hydrogen) atoms. The van der Waals surface area contributed by atoms with Crippen molar-refractivity contribution >= 4 is 12.6 Å². The number of benzene rings is 2. The van der Waals surface area contributed by atoms with E-state index in [1.807, 2.05) is 0 Å². The molecule has 0 bridgehead atoms. The van der Waals surface area contributed by atoms with Crippen LogP contribution in [0.25, 0.3) is 11.1 Å². The van der Waals surface area contributed by atoms with Crippen LogP contribution < -0.4 is 5.46 Å². The van der Waals surface area contributed by atoms with E-state index in [0.29, 0.717) is 5.92 Å². The second kappa shape index (κ2) is 8.11. The molecule has 0 unspecified atom stereocenters. The van der Waals surface area contributed by atoms with Gasteiger partial charge >= 0.3 is 7.12 Å². The zero-order chi connectivity index (χ0) is 19.3. The minimum absolute atomic E-state index is 0. The van der Waals surface area contributed by atoms with Gasteiger partial charge in [-0.1, -0.05) is 48.6 Å². The molecular weight excluding hydrogens is 408 g/mol. The maximum atomic E-state index is 6.22. The van der Waals surface area contributed by atoms with Gasteiger partial charge in [-0.3, -0.25) is 0 Å². The van der Waals surface area contributed by atoms with Gasteiger partial charge in [0.15, 0.2) is 0 Å². The average molecular weight is 438 g/mol. The van der Waals surface area contributed by atoms with Gasteiger partial charge in [-0.2, -0.15) is 0 Å². The molecule has 141 valence electrons. The summed E-state index contributed by atoms with van der Waals surface area (Å²) in [5.74, 6) is 0.522. The van der Waals surface area contributed by atoms with Crippen LogP contribution in [-0.4, -0.2) is 18.3 Å². The molecule has 0 N–H and O–H groups in total. The first-order chi connectivity index (χ1) is 12.0. The Hall–Kier alpha value is -0.471. The normalized spacial score (nSPS) is 17.9. The van der Waals surface area contributed by atoms with E-state index >= 15 is 0 Å². The van der Waals surface area contributed by atoms with Crippen LogP contribution in [0, 0.1) is 19.9 Å². The third-order valence-electron chi connectivity index (χ3n) is 5.85. The number of hydrogen-bond donors (Lipinski definition) is 0. The van der Waals surface area contributed by atoms with E-state index in [0.717, 1.165) is 11.0 Å². The van der Waals surface area contributed by atoms with Gasteiger partial charge in [-0.15, -0.1) is 35.4 Å². The summed E-state index contributed by atoms with van der Waals surface area (Å²) in [4.78, 5) is 0. The first-order valence-electron chi connectivity index (χ1n) is 9.50. The molecule has 2 aromatic rings. The van der Waals surface area contributed by atoms with E-state index in [-0.39, 0.29) is 51.0 Å². The van der Waals surface area contributed by atoms with Crippen molar-refractivity contribution in [2.45, 2.75) is 72.5 Å². The number of rotatable bonds is 3. The van der Waals surface area contributed by atoms with E-state index in [2.05, 4.69) is 91.8 Å². The summed E-state index contributed by atoms with van der Waals surface area (Å²) < 4.78 is 12.4. The van der Waals surface area contributed by atoms with Crippen molar-refractivity contribution < 1.29 is 42.0 Å². The largest absolute Gasteiger partial charge is 0.494 e. The fourth-order valence-corrected chi connectivity index (χ4v) is 3.49. The van der Waals surface area contributed by atoms with Gasteiger partial charge < -0.3 is 9.31 Å². The molecule has 3 rings (SSSR count). The summed E-state index contributed by atoms with van der Waals surface area (Å²) >= 11 is 0. The van der Waals surface area contributed by atoms with Crippen LogP contribution in [0.3, 0.4) is 0 Å². The Labute approximate surface area is 190 Å². The molecule has 1 fully saturated rings. The summed E-state index contributed by atoms with van der Waals surface area (Å²) in [6.45, 7) is 17.1. The molecule has 1 radical (unpaired) electrons. The van der Waals surface area contributed by atoms with Crippen molar-refractivity contribution in [2.24, 2.45) is 0 Å². The van der Waals surface area contributed by atoms with Crippen molar-refractivity contribution in [1.82, 2.24) is 0 Å². The van der Waals surface area contributed by atoms with Crippen LogP contribution in [-0.2, 0) is 42.0 Å². The molecule has 0 aliphatic carbocycles. The summed E-state index contributed by atoms with van der Waals surface area (Å²) in [6.07, 6.45) is 0. The van der Waals surface area contributed by atoms with Crippen molar-refractivity contribution in [1.29, 1.82) is 0 Å². The van der Waals surface area contributed by atoms with Gasteiger partial charge in [0.2, 0.25) is 0 Å². The van der Waals surface area contributed by atoms with Crippen LogP contribution in [0.2, 0.25) is 0 Å². The molecule has 0 amide bonds. The zero-order valence-electron chi connectivity index (χ0n) is 17.9. The molecule has 0 aromatic heterocycles. The molecule has 1 heterocycles. The second-order valence-corrected chi connectivity index (χ2v) is 8.81. The fraction of sp³-hybridized carbons (Fsp3) is 0.478. The average Bonchev–Trinajstić information content (AvgIpc) is 2.75. The zero-order valence-corrected chi connectivity index (χ0v) is 20.8. The van der Waals surface area contributed by atoms with Crippen molar-refractivity contribution in [3.63, 3.8) is 0 Å². The maximum absolute atomic E-state index is 6.22. The third kappa shape index (κ3) is 4.42. The Balaban J connectivity index is 0.00000261. The van der Waals surface area contributed by atoms with E-state index in [1.54, 1.807) is 0 Å². The van der Waals surface area contributed by atoms with Crippen LogP contribution in [0.5, 0.6) is 0 Å². The molecule has 4 heteroatoms. The summed E-state index contributed by atoms with van der Waals surface area (Å²) in [7, 11) is -0.321. The second-order valence-electron chi connectivity index (χ2n) is 8.81. The molecule has 2 aromatic carbocycles. The van der Waals surface area contributed by atoms with E-state index in [9.17, 15) is 0 Å². The van der Waals surface area contributed by atoms with Gasteiger partial charge in [0.05, 0.1) is 11.2 Å². The minimum Gasteiger partial charge on any atom is -0.399 e. The van der Waals surface area contributed by atoms with Crippen LogP contribution >= 0.6 is 0 Å². The van der Waals surface area contributed by atoms with Gasteiger partial charge in [-0.25, -0.2) is 0 Å². The minimum atomic E-state index is -0.321. The number of aryl methyl sites for hydroxylation is 2. The molecule has 1 aliphatic rings. The third-order valence-corrected chi connectivity index (χ3v) is 5.85. The topological polar surface area (TPSA) is 18.5 Å². The Morgan fingerprint density at radius 1 is 0.926 bits per heavy atom. The standard InChI is InChI=1S/C23H30BO2.Y/c1-15(2)18-9-11-19(12-10-18)21-16(3)13-20(14-17(21)4)24-25-22(5,6)23(7,8)26-24;/h9-11,13-15H,1-8H3;/q-1;. The molecule has 1 saturated heterocycles. The van der Waals surface area contributed by atoms with Crippen LogP contribution in [0.1, 0.15) is 64.2 Å². The van der Waals surface area contributed by atoms with Crippen molar-refractivity contribution in [2.75, 3.05) is 0 Å². The maximum Gasteiger partial charge on any atom is 0.494 e. The summed E-state index contributed by atoms with van der Waals surface area (Å²) in [5.41, 5.74) is 6.60. The quantitative estimate of drug-likeness (QED) is 0.485. The van der Waals surface area contributed by atoms with Crippen LogP contribution in [0.15, 0.2) is 30.3 Å². The first kappa shape index (κ1) is 22.8. The SMILES string of the molecule is Cc1cc(B2OC(C)(C)C(C)(C)O2)cc(C)c1-c1[c-]cc(C(C)C)cc1.[Y]. The Morgan fingerprint density at radius 3 is 1.85 bits per heavy atom. The molecule has 2 nitrogen and oxygen atoms in total.